The SMILES string of the molecule is COP(=O)(O)C(Br)(Br)P(=O)(O)OC. The number of hydrogen-bond acceptors (Lipinski definition) is 4. The van der Waals surface area contributed by atoms with Crippen LogP contribution in [0.15, 0.2) is 0 Å². The van der Waals surface area contributed by atoms with Crippen LogP contribution in [0.25, 0.3) is 0 Å². The van der Waals surface area contributed by atoms with Crippen LogP contribution in [0, 0.1) is 0 Å². The molecule has 0 rings (SSSR count). The third kappa shape index (κ3) is 2.63. The molecule has 0 bridgehead atoms. The van der Waals surface area contributed by atoms with Crippen molar-refractivity contribution in [3.05, 3.63) is 0 Å². The Bertz CT molecular complexity index is 251. The van der Waals surface area contributed by atoms with Gasteiger partial charge in [-0.1, -0.05) is 0 Å². The Morgan fingerprint density at radius 3 is 1.46 bits per heavy atom. The molecule has 0 aliphatic rings. The van der Waals surface area contributed by atoms with Crippen LogP contribution in [0.2, 0.25) is 0 Å². The Hall–Kier alpha value is 1.26. The fraction of sp³-hybridized carbons (Fsp3) is 1.00. The van der Waals surface area contributed by atoms with Crippen molar-refractivity contribution < 1.29 is 28.0 Å². The van der Waals surface area contributed by atoms with Gasteiger partial charge in [-0.05, 0) is 31.9 Å². The van der Waals surface area contributed by atoms with Crippen molar-refractivity contribution in [3.63, 3.8) is 0 Å². The first-order valence-corrected chi connectivity index (χ1v) is 7.51. The summed E-state index contributed by atoms with van der Waals surface area (Å²) in [7, 11) is -6.76. The van der Waals surface area contributed by atoms with Gasteiger partial charge in [-0.15, -0.1) is 0 Å². The molecule has 80 valence electrons. The molecule has 0 radical (unpaired) electrons. The van der Waals surface area contributed by atoms with Gasteiger partial charge in [-0.3, -0.25) is 9.13 Å². The third-order valence-corrected chi connectivity index (χ3v) is 10.4. The van der Waals surface area contributed by atoms with E-state index in [0.29, 0.717) is 0 Å². The molecule has 2 N–H and O–H groups in total. The van der Waals surface area contributed by atoms with E-state index in [1.165, 1.54) is 0 Å². The number of hydrogen-bond donors (Lipinski definition) is 2. The molecule has 0 aliphatic carbocycles. The minimum absolute atomic E-state index is 0.938. The fourth-order valence-electron chi connectivity index (χ4n) is 0.379. The van der Waals surface area contributed by atoms with Crippen molar-refractivity contribution in [2.45, 2.75) is 2.72 Å². The Morgan fingerprint density at radius 1 is 1.08 bits per heavy atom. The van der Waals surface area contributed by atoms with Crippen molar-refractivity contribution in [1.29, 1.82) is 0 Å². The maximum atomic E-state index is 11.2. The lowest BCUT2D eigenvalue weighted by atomic mass is 11.8. The highest BCUT2D eigenvalue weighted by atomic mass is 79.9. The van der Waals surface area contributed by atoms with Crippen molar-refractivity contribution in [1.82, 2.24) is 0 Å². The van der Waals surface area contributed by atoms with Crippen LogP contribution >= 0.6 is 47.1 Å². The number of halogens is 2. The molecule has 0 fully saturated rings. The molecular weight excluding hydrogens is 354 g/mol. The topological polar surface area (TPSA) is 93.1 Å². The van der Waals surface area contributed by atoms with E-state index in [4.69, 9.17) is 9.79 Å². The molecule has 2 unspecified atom stereocenters. The molecule has 13 heavy (non-hydrogen) atoms. The summed E-state index contributed by atoms with van der Waals surface area (Å²) >= 11 is 5.17. The minimum Gasteiger partial charge on any atom is -0.322 e. The van der Waals surface area contributed by atoms with Crippen molar-refractivity contribution >= 4 is 47.1 Å². The zero-order chi connectivity index (χ0) is 10.9. The van der Waals surface area contributed by atoms with Crippen molar-refractivity contribution in [2.75, 3.05) is 14.2 Å². The molecule has 0 saturated heterocycles. The maximum absolute atomic E-state index is 11.2. The molecule has 6 nitrogen and oxygen atoms in total. The molecule has 0 saturated carbocycles. The molecule has 10 heteroatoms. The summed E-state index contributed by atoms with van der Waals surface area (Å²) in [5, 5.41) is 0. The van der Waals surface area contributed by atoms with Crippen LogP contribution in [0.4, 0.5) is 0 Å². The summed E-state index contributed by atoms with van der Waals surface area (Å²) in [6.45, 7) is 0. The zero-order valence-electron chi connectivity index (χ0n) is 6.68. The van der Waals surface area contributed by atoms with Gasteiger partial charge < -0.3 is 18.8 Å². The van der Waals surface area contributed by atoms with E-state index in [2.05, 4.69) is 40.9 Å². The highest BCUT2D eigenvalue weighted by Gasteiger charge is 2.59. The van der Waals surface area contributed by atoms with Crippen molar-refractivity contribution in [3.8, 4) is 0 Å². The Kier molecular flexibility index (Phi) is 4.84. The van der Waals surface area contributed by atoms with E-state index in [1.54, 1.807) is 0 Å². The number of alkyl halides is 2. The molecule has 0 aromatic carbocycles. The Balaban J connectivity index is 5.21. The molecule has 0 heterocycles. The Labute approximate surface area is 91.9 Å². The quantitative estimate of drug-likeness (QED) is 0.588. The predicted octanol–water partition coefficient (Wildman–Crippen LogP) is 2.05. The summed E-state index contributed by atoms with van der Waals surface area (Å²) in [5.74, 6) is 0. The van der Waals surface area contributed by atoms with Crippen molar-refractivity contribution in [2.24, 2.45) is 0 Å². The fourth-order valence-corrected chi connectivity index (χ4v) is 4.32. The maximum Gasteiger partial charge on any atom is 0.367 e. The van der Waals surface area contributed by atoms with Gasteiger partial charge in [0.2, 0.25) is 0 Å². The highest BCUT2D eigenvalue weighted by Crippen LogP contribution is 2.79. The largest absolute Gasteiger partial charge is 0.367 e. The van der Waals surface area contributed by atoms with Crippen LogP contribution in [-0.4, -0.2) is 26.7 Å². The van der Waals surface area contributed by atoms with Gasteiger partial charge in [0.15, 0.2) is 0 Å². The smallest absolute Gasteiger partial charge is 0.322 e. The van der Waals surface area contributed by atoms with Crippen LogP contribution in [-0.2, 0) is 18.2 Å². The summed E-state index contributed by atoms with van der Waals surface area (Å²) in [4.78, 5) is 18.3. The summed E-state index contributed by atoms with van der Waals surface area (Å²) < 4.78 is 28.7. The van der Waals surface area contributed by atoms with Gasteiger partial charge in [0.05, 0.1) is 0 Å². The van der Waals surface area contributed by atoms with Gasteiger partial charge in [-0.25, -0.2) is 0 Å². The molecule has 0 aromatic rings. The lowest BCUT2D eigenvalue weighted by Gasteiger charge is -2.27. The Morgan fingerprint density at radius 2 is 1.31 bits per heavy atom. The predicted molar refractivity (Wildman–Crippen MR) is 54.3 cm³/mol. The first-order valence-electron chi connectivity index (χ1n) is 2.77. The molecule has 2 atom stereocenters. The third-order valence-electron chi connectivity index (χ3n) is 1.17. The molecule has 0 aliphatic heterocycles. The van der Waals surface area contributed by atoms with E-state index < -0.39 is 17.9 Å². The van der Waals surface area contributed by atoms with Crippen LogP contribution in [0.1, 0.15) is 0 Å². The van der Waals surface area contributed by atoms with Gasteiger partial charge in [0, 0.05) is 14.2 Å². The normalized spacial score (nSPS) is 22.0. The lowest BCUT2D eigenvalue weighted by Crippen LogP contribution is -2.14. The number of rotatable bonds is 4. The van der Waals surface area contributed by atoms with Gasteiger partial charge >= 0.3 is 15.2 Å². The standard InChI is InChI=1S/C3H8Br2O6P2/c1-10-12(6,7)3(4,5)13(8,9)11-2/h1-2H3,(H,6,7)(H,8,9). The highest BCUT2D eigenvalue weighted by molar-refractivity contribution is 9.29. The summed E-state index contributed by atoms with van der Waals surface area (Å²) in [5.41, 5.74) is 0. The second-order valence-electron chi connectivity index (χ2n) is 1.92. The van der Waals surface area contributed by atoms with E-state index in [0.717, 1.165) is 14.2 Å². The van der Waals surface area contributed by atoms with Gasteiger partial charge in [0.25, 0.3) is 2.72 Å². The lowest BCUT2D eigenvalue weighted by molar-refractivity contribution is 0.294. The average molecular weight is 362 g/mol. The molecule has 0 aromatic heterocycles. The first kappa shape index (κ1) is 14.3. The monoisotopic (exact) mass is 360 g/mol. The van der Waals surface area contributed by atoms with E-state index in [1.807, 2.05) is 0 Å². The summed E-state index contributed by atoms with van der Waals surface area (Å²) in [6, 6.07) is 0. The van der Waals surface area contributed by atoms with Crippen LogP contribution in [0.5, 0.6) is 0 Å². The van der Waals surface area contributed by atoms with Gasteiger partial charge in [-0.2, -0.15) is 0 Å². The summed E-state index contributed by atoms with van der Waals surface area (Å²) in [6.07, 6.45) is 0. The molecular formula is C3H8Br2O6P2. The van der Waals surface area contributed by atoms with Crippen LogP contribution in [0.3, 0.4) is 0 Å². The van der Waals surface area contributed by atoms with E-state index >= 15 is 0 Å². The first-order chi connectivity index (χ1) is 5.62. The average Bonchev–Trinajstić information content (AvgIpc) is 2.03. The van der Waals surface area contributed by atoms with Crippen LogP contribution < -0.4 is 0 Å². The minimum atomic E-state index is -4.32. The molecule has 0 amide bonds. The van der Waals surface area contributed by atoms with E-state index in [-0.39, 0.29) is 0 Å². The second-order valence-corrected chi connectivity index (χ2v) is 12.3. The second kappa shape index (κ2) is 4.41. The zero-order valence-corrected chi connectivity index (χ0v) is 11.6. The molecule has 0 spiro atoms. The van der Waals surface area contributed by atoms with E-state index in [9.17, 15) is 9.13 Å². The van der Waals surface area contributed by atoms with Gasteiger partial charge in [0.1, 0.15) is 0 Å².